The topological polar surface area (TPSA) is 95.5 Å². The number of nitrogens with two attached hydrogens (primary N) is 1. The van der Waals surface area contributed by atoms with Crippen molar-refractivity contribution in [3.63, 3.8) is 0 Å². The third-order valence-electron chi connectivity index (χ3n) is 1.33. The molecule has 2 N–H and O–H groups in total. The molecule has 74 valence electrons. The number of carbonyl (C=O) groups is 1. The lowest BCUT2D eigenvalue weighted by Crippen LogP contribution is -2.16. The van der Waals surface area contributed by atoms with E-state index < -0.39 is 16.7 Å². The molecule has 1 aromatic carbocycles. The summed E-state index contributed by atoms with van der Waals surface area (Å²) < 4.78 is 4.40. The van der Waals surface area contributed by atoms with E-state index in [1.54, 1.807) is 0 Å². The first-order valence-electron chi connectivity index (χ1n) is 3.42. The average molecular weight is 217 g/mol. The van der Waals surface area contributed by atoms with Crippen LogP contribution in [0.3, 0.4) is 0 Å². The molecule has 1 rings (SSSR count). The van der Waals surface area contributed by atoms with Gasteiger partial charge in [-0.05, 0) is 12.1 Å². The molecule has 0 aliphatic heterocycles. The Balaban J connectivity index is 3.14. The molecule has 7 heteroatoms. The monoisotopic (exact) mass is 216 g/mol. The minimum atomic E-state index is -1.12. The summed E-state index contributed by atoms with van der Waals surface area (Å²) in [7, 11) is 0. The number of amides is 1. The van der Waals surface area contributed by atoms with E-state index in [4.69, 9.17) is 17.3 Å². The van der Waals surface area contributed by atoms with Gasteiger partial charge in [-0.3, -0.25) is 10.1 Å². The standard InChI is InChI=1S/C7H5ClN2O4/c8-4-1-2-6(14-7(9)11)5(3-4)10(12)13/h1-3H,(H2,9,11). The van der Waals surface area contributed by atoms with E-state index in [2.05, 4.69) is 4.74 Å². The predicted molar refractivity (Wildman–Crippen MR) is 48.3 cm³/mol. The molecule has 6 nitrogen and oxygen atoms in total. The number of ether oxygens (including phenoxy) is 1. The molecule has 14 heavy (non-hydrogen) atoms. The molecule has 1 aromatic rings. The van der Waals surface area contributed by atoms with E-state index in [1.807, 2.05) is 0 Å². The molecule has 0 saturated heterocycles. The first kappa shape index (κ1) is 10.3. The second-order valence-electron chi connectivity index (χ2n) is 2.29. The Morgan fingerprint density at radius 1 is 1.57 bits per heavy atom. The highest BCUT2D eigenvalue weighted by Gasteiger charge is 2.17. The van der Waals surface area contributed by atoms with Crippen LogP contribution in [0.2, 0.25) is 5.02 Å². The lowest BCUT2D eigenvalue weighted by Gasteiger charge is -2.01. The van der Waals surface area contributed by atoms with Crippen LogP contribution in [0.15, 0.2) is 18.2 Å². The molecule has 0 aliphatic rings. The molecule has 0 saturated carbocycles. The van der Waals surface area contributed by atoms with Crippen molar-refractivity contribution in [2.45, 2.75) is 0 Å². The second-order valence-corrected chi connectivity index (χ2v) is 2.73. The van der Waals surface area contributed by atoms with Gasteiger partial charge in [-0.25, -0.2) is 4.79 Å². The van der Waals surface area contributed by atoms with Gasteiger partial charge in [0.05, 0.1) is 4.92 Å². The van der Waals surface area contributed by atoms with Crippen LogP contribution in [0.1, 0.15) is 0 Å². The van der Waals surface area contributed by atoms with Gasteiger partial charge < -0.3 is 10.5 Å². The van der Waals surface area contributed by atoms with Crippen molar-refractivity contribution in [2.24, 2.45) is 5.73 Å². The van der Waals surface area contributed by atoms with E-state index in [1.165, 1.54) is 12.1 Å². The fourth-order valence-electron chi connectivity index (χ4n) is 0.828. The Morgan fingerprint density at radius 2 is 2.21 bits per heavy atom. The summed E-state index contributed by atoms with van der Waals surface area (Å²) in [5.74, 6) is -0.230. The van der Waals surface area contributed by atoms with E-state index in [-0.39, 0.29) is 10.8 Å². The maximum Gasteiger partial charge on any atom is 0.410 e. The SMILES string of the molecule is NC(=O)Oc1ccc(Cl)cc1[N+](=O)[O-]. The molecule has 0 spiro atoms. The second kappa shape index (κ2) is 3.93. The predicted octanol–water partition coefficient (Wildman–Crippen LogP) is 1.71. The van der Waals surface area contributed by atoms with Crippen molar-refractivity contribution < 1.29 is 14.5 Å². The number of nitrogens with zero attached hydrogens (tertiary/aromatic N) is 1. The maximum atomic E-state index is 10.5. The lowest BCUT2D eigenvalue weighted by molar-refractivity contribution is -0.385. The summed E-state index contributed by atoms with van der Waals surface area (Å²) in [6.07, 6.45) is -1.12. The maximum absolute atomic E-state index is 10.5. The van der Waals surface area contributed by atoms with Crippen molar-refractivity contribution in [1.82, 2.24) is 0 Å². The molecule has 0 atom stereocenters. The summed E-state index contributed by atoms with van der Waals surface area (Å²) >= 11 is 5.52. The minimum Gasteiger partial charge on any atom is -0.403 e. The molecule has 0 fully saturated rings. The molecule has 0 aliphatic carbocycles. The van der Waals surface area contributed by atoms with Crippen molar-refractivity contribution in [2.75, 3.05) is 0 Å². The largest absolute Gasteiger partial charge is 0.410 e. The van der Waals surface area contributed by atoms with E-state index in [9.17, 15) is 14.9 Å². The van der Waals surface area contributed by atoms with Gasteiger partial charge in [0.1, 0.15) is 0 Å². The van der Waals surface area contributed by atoms with Gasteiger partial charge in [0.25, 0.3) is 0 Å². The number of primary amides is 1. The Hall–Kier alpha value is -1.82. The van der Waals surface area contributed by atoms with Gasteiger partial charge in [-0.2, -0.15) is 0 Å². The lowest BCUT2D eigenvalue weighted by atomic mass is 10.3. The number of nitro benzene ring substituents is 1. The van der Waals surface area contributed by atoms with Crippen LogP contribution in [0, 0.1) is 10.1 Å². The van der Waals surface area contributed by atoms with Gasteiger partial charge in [-0.1, -0.05) is 11.6 Å². The number of nitro groups is 1. The van der Waals surface area contributed by atoms with Crippen LogP contribution in [0.25, 0.3) is 0 Å². The van der Waals surface area contributed by atoms with Gasteiger partial charge in [0.2, 0.25) is 5.75 Å². The highest BCUT2D eigenvalue weighted by Crippen LogP contribution is 2.29. The highest BCUT2D eigenvalue weighted by molar-refractivity contribution is 6.30. The minimum absolute atomic E-state index is 0.175. The summed E-state index contributed by atoms with van der Waals surface area (Å²) in [6, 6.07) is 3.62. The van der Waals surface area contributed by atoms with Crippen molar-refractivity contribution >= 4 is 23.4 Å². The fourth-order valence-corrected chi connectivity index (χ4v) is 0.994. The smallest absolute Gasteiger partial charge is 0.403 e. The zero-order chi connectivity index (χ0) is 10.7. The summed E-state index contributed by atoms with van der Waals surface area (Å²) in [6.45, 7) is 0. The molecule has 0 heterocycles. The van der Waals surface area contributed by atoms with Crippen LogP contribution >= 0.6 is 11.6 Å². The number of halogens is 1. The number of hydrogen-bond acceptors (Lipinski definition) is 4. The third-order valence-corrected chi connectivity index (χ3v) is 1.56. The van der Waals surface area contributed by atoms with Crippen LogP contribution in [0.5, 0.6) is 5.75 Å². The highest BCUT2D eigenvalue weighted by atomic mass is 35.5. The van der Waals surface area contributed by atoms with Crippen LogP contribution in [0.4, 0.5) is 10.5 Å². The quantitative estimate of drug-likeness (QED) is 0.601. The van der Waals surface area contributed by atoms with Crippen LogP contribution < -0.4 is 10.5 Å². The first-order valence-corrected chi connectivity index (χ1v) is 3.79. The number of rotatable bonds is 2. The van der Waals surface area contributed by atoms with Gasteiger partial charge in [0.15, 0.2) is 0 Å². The molecule has 0 radical (unpaired) electrons. The Morgan fingerprint density at radius 3 is 2.71 bits per heavy atom. The van der Waals surface area contributed by atoms with Gasteiger partial charge in [-0.15, -0.1) is 0 Å². The van der Waals surface area contributed by atoms with Crippen LogP contribution in [-0.4, -0.2) is 11.0 Å². The van der Waals surface area contributed by atoms with Gasteiger partial charge >= 0.3 is 11.8 Å². The normalized spacial score (nSPS) is 9.50. The molecular formula is C7H5ClN2O4. The number of benzene rings is 1. The zero-order valence-electron chi connectivity index (χ0n) is 6.77. The number of carbonyl (C=O) groups excluding carboxylic acids is 1. The third kappa shape index (κ3) is 2.33. The van der Waals surface area contributed by atoms with Gasteiger partial charge in [0, 0.05) is 11.1 Å². The average Bonchev–Trinajstić information content (AvgIpc) is 2.07. The zero-order valence-corrected chi connectivity index (χ0v) is 7.52. The molecule has 0 unspecified atom stereocenters. The molecule has 0 bridgehead atoms. The Kier molecular flexibility index (Phi) is 2.88. The Bertz CT molecular complexity index is 393. The number of hydrogen-bond donors (Lipinski definition) is 1. The molecular weight excluding hydrogens is 212 g/mol. The summed E-state index contributed by atoms with van der Waals surface area (Å²) in [5.41, 5.74) is 4.31. The Labute approximate surface area is 83.4 Å². The fraction of sp³-hybridized carbons (Fsp3) is 0. The first-order chi connectivity index (χ1) is 6.50. The van der Waals surface area contributed by atoms with Crippen molar-refractivity contribution in [3.8, 4) is 5.75 Å². The van der Waals surface area contributed by atoms with Crippen LogP contribution in [-0.2, 0) is 0 Å². The van der Waals surface area contributed by atoms with Crippen molar-refractivity contribution in [1.29, 1.82) is 0 Å². The summed E-state index contributed by atoms with van der Waals surface area (Å²) in [4.78, 5) is 20.1. The van der Waals surface area contributed by atoms with E-state index in [0.29, 0.717) is 0 Å². The molecule has 0 aromatic heterocycles. The van der Waals surface area contributed by atoms with E-state index >= 15 is 0 Å². The van der Waals surface area contributed by atoms with E-state index in [0.717, 1.165) is 6.07 Å². The molecule has 1 amide bonds. The van der Waals surface area contributed by atoms with Crippen molar-refractivity contribution in [3.05, 3.63) is 33.3 Å². The summed E-state index contributed by atoms with van der Waals surface area (Å²) in [5, 5.41) is 10.6.